The Morgan fingerprint density at radius 1 is 1.18 bits per heavy atom. The molecule has 1 aromatic heterocycles. The Morgan fingerprint density at radius 2 is 1.95 bits per heavy atom. The van der Waals surface area contributed by atoms with Crippen molar-refractivity contribution >= 4 is 11.6 Å². The van der Waals surface area contributed by atoms with E-state index in [9.17, 15) is 4.79 Å². The first-order valence-corrected chi connectivity index (χ1v) is 7.58. The number of benzene rings is 1. The van der Waals surface area contributed by atoms with Crippen molar-refractivity contribution in [3.05, 3.63) is 58.0 Å². The lowest BCUT2D eigenvalue weighted by atomic mass is 10.0. The monoisotopic (exact) mass is 296 g/mol. The van der Waals surface area contributed by atoms with E-state index in [1.165, 1.54) is 24.0 Å². The van der Waals surface area contributed by atoms with Gasteiger partial charge in [-0.1, -0.05) is 12.1 Å². The molecule has 1 N–H and O–H groups in total. The molecule has 0 aliphatic heterocycles. The number of amides is 1. The molecule has 2 aromatic rings. The molecular weight excluding hydrogens is 276 g/mol. The summed E-state index contributed by atoms with van der Waals surface area (Å²) < 4.78 is 5.37. The van der Waals surface area contributed by atoms with Gasteiger partial charge < -0.3 is 4.42 Å². The third kappa shape index (κ3) is 2.82. The first-order valence-electron chi connectivity index (χ1n) is 7.58. The number of hydrogen-bond donors (Lipinski definition) is 1. The van der Waals surface area contributed by atoms with Gasteiger partial charge in [-0.25, -0.2) is 5.43 Å². The maximum absolute atomic E-state index is 12.1. The van der Waals surface area contributed by atoms with Crippen molar-refractivity contribution in [3.63, 3.8) is 0 Å². The average molecular weight is 296 g/mol. The van der Waals surface area contributed by atoms with Crippen LogP contribution in [0.5, 0.6) is 0 Å². The van der Waals surface area contributed by atoms with Crippen molar-refractivity contribution in [1.82, 2.24) is 5.43 Å². The highest BCUT2D eigenvalue weighted by molar-refractivity contribution is 6.01. The Labute approximate surface area is 130 Å². The van der Waals surface area contributed by atoms with Crippen LogP contribution in [0.4, 0.5) is 0 Å². The number of hydrazone groups is 1. The minimum absolute atomic E-state index is 0.241. The topological polar surface area (TPSA) is 54.6 Å². The highest BCUT2D eigenvalue weighted by Gasteiger charge is 2.14. The minimum Gasteiger partial charge on any atom is -0.466 e. The molecule has 22 heavy (non-hydrogen) atoms. The second-order valence-corrected chi connectivity index (χ2v) is 5.80. The predicted molar refractivity (Wildman–Crippen MR) is 86.3 cm³/mol. The second-order valence-electron chi connectivity index (χ2n) is 5.80. The molecule has 1 aliphatic rings. The number of carbonyl (C=O) groups excluding carboxylic acids is 1. The number of nitrogens with zero attached hydrogens (tertiary/aromatic N) is 1. The van der Waals surface area contributed by atoms with Gasteiger partial charge in [0.05, 0.1) is 11.3 Å². The summed E-state index contributed by atoms with van der Waals surface area (Å²) in [6.45, 7) is 5.51. The Kier molecular flexibility index (Phi) is 3.84. The third-order valence-electron chi connectivity index (χ3n) is 4.13. The van der Waals surface area contributed by atoms with Gasteiger partial charge in [0.15, 0.2) is 0 Å². The molecular formula is C18H20N2O2. The van der Waals surface area contributed by atoms with Crippen molar-refractivity contribution in [2.45, 2.75) is 40.0 Å². The summed E-state index contributed by atoms with van der Waals surface area (Å²) in [7, 11) is 0. The number of nitrogens with one attached hydrogen (secondary N) is 1. The molecule has 114 valence electrons. The summed E-state index contributed by atoms with van der Waals surface area (Å²) in [5, 5.41) is 4.22. The van der Waals surface area contributed by atoms with Crippen LogP contribution in [0.1, 0.15) is 51.9 Å². The molecule has 4 nitrogen and oxygen atoms in total. The Bertz CT molecular complexity index is 756. The van der Waals surface area contributed by atoms with E-state index in [4.69, 9.17) is 4.42 Å². The molecule has 1 aromatic carbocycles. The van der Waals surface area contributed by atoms with Crippen LogP contribution in [0.2, 0.25) is 0 Å². The number of aryl methyl sites for hydroxylation is 4. The molecule has 4 heteroatoms. The number of hydrogen-bond acceptors (Lipinski definition) is 3. The first-order chi connectivity index (χ1) is 10.5. The molecule has 0 bridgehead atoms. The third-order valence-corrected chi connectivity index (χ3v) is 4.13. The molecule has 0 fully saturated rings. The Balaban J connectivity index is 1.75. The van der Waals surface area contributed by atoms with Gasteiger partial charge in [-0.3, -0.25) is 4.79 Å². The van der Waals surface area contributed by atoms with Gasteiger partial charge in [0.2, 0.25) is 0 Å². The Hall–Kier alpha value is -2.36. The van der Waals surface area contributed by atoms with E-state index in [1.54, 1.807) is 13.0 Å². The summed E-state index contributed by atoms with van der Waals surface area (Å²) in [5.74, 6) is 1.09. The largest absolute Gasteiger partial charge is 0.466 e. The lowest BCUT2D eigenvalue weighted by Gasteiger charge is -2.05. The molecule has 0 saturated carbocycles. The fourth-order valence-corrected chi connectivity index (χ4v) is 2.91. The molecule has 0 spiro atoms. The minimum atomic E-state index is -0.241. The van der Waals surface area contributed by atoms with Crippen LogP contribution in [-0.4, -0.2) is 11.6 Å². The van der Waals surface area contributed by atoms with E-state index >= 15 is 0 Å². The zero-order chi connectivity index (χ0) is 15.7. The second kappa shape index (κ2) is 5.79. The van der Waals surface area contributed by atoms with Crippen LogP contribution < -0.4 is 5.43 Å². The lowest BCUT2D eigenvalue weighted by molar-refractivity contribution is 0.0953. The van der Waals surface area contributed by atoms with Crippen molar-refractivity contribution in [1.29, 1.82) is 0 Å². The standard InChI is InChI=1S/C18H20N2O2/c1-11-9-17(13(3)22-11)18(21)20-19-12(2)15-8-7-14-5-4-6-16(14)10-15/h7-10H,4-6H2,1-3H3,(H,20,21)/b19-12-. The quantitative estimate of drug-likeness (QED) is 0.695. The summed E-state index contributed by atoms with van der Waals surface area (Å²) in [4.78, 5) is 12.1. The highest BCUT2D eigenvalue weighted by atomic mass is 16.3. The van der Waals surface area contributed by atoms with E-state index in [2.05, 4.69) is 28.7 Å². The SMILES string of the molecule is C/C(=N/NC(=O)c1cc(C)oc1C)c1ccc2c(c1)CCC2. The summed E-state index contributed by atoms with van der Waals surface area (Å²) in [5.41, 5.74) is 7.84. The van der Waals surface area contributed by atoms with Crippen molar-refractivity contribution in [3.8, 4) is 0 Å². The van der Waals surface area contributed by atoms with Crippen molar-refractivity contribution in [2.24, 2.45) is 5.10 Å². The van der Waals surface area contributed by atoms with E-state index in [-0.39, 0.29) is 5.91 Å². The number of carbonyl (C=O) groups is 1. The van der Waals surface area contributed by atoms with E-state index in [0.717, 1.165) is 23.5 Å². The molecule has 3 rings (SSSR count). The van der Waals surface area contributed by atoms with Crippen molar-refractivity contribution < 1.29 is 9.21 Å². The van der Waals surface area contributed by atoms with E-state index in [1.807, 2.05) is 13.8 Å². The molecule has 1 amide bonds. The zero-order valence-electron chi connectivity index (χ0n) is 13.2. The van der Waals surface area contributed by atoms with Gasteiger partial charge in [0.1, 0.15) is 11.5 Å². The smallest absolute Gasteiger partial charge is 0.274 e. The summed E-state index contributed by atoms with van der Waals surface area (Å²) in [6.07, 6.45) is 3.53. The summed E-state index contributed by atoms with van der Waals surface area (Å²) >= 11 is 0. The van der Waals surface area contributed by atoms with E-state index in [0.29, 0.717) is 11.3 Å². The number of furan rings is 1. The van der Waals surface area contributed by atoms with Gasteiger partial charge in [-0.05, 0) is 68.9 Å². The van der Waals surface area contributed by atoms with Crippen molar-refractivity contribution in [2.75, 3.05) is 0 Å². The zero-order valence-corrected chi connectivity index (χ0v) is 13.2. The maximum atomic E-state index is 12.1. The molecule has 0 saturated heterocycles. The normalized spacial score (nSPS) is 14.0. The van der Waals surface area contributed by atoms with Crippen LogP contribution >= 0.6 is 0 Å². The van der Waals surface area contributed by atoms with Crippen LogP contribution in [-0.2, 0) is 12.8 Å². The number of fused-ring (bicyclic) bond motifs is 1. The molecule has 1 aliphatic carbocycles. The van der Waals surface area contributed by atoms with Crippen LogP contribution in [0.3, 0.4) is 0 Å². The summed E-state index contributed by atoms with van der Waals surface area (Å²) in [6, 6.07) is 8.15. The number of rotatable bonds is 3. The predicted octanol–water partition coefficient (Wildman–Crippen LogP) is 3.54. The van der Waals surface area contributed by atoms with Gasteiger partial charge >= 0.3 is 0 Å². The van der Waals surface area contributed by atoms with E-state index < -0.39 is 0 Å². The van der Waals surface area contributed by atoms with Gasteiger partial charge in [0, 0.05) is 0 Å². The van der Waals surface area contributed by atoms with Gasteiger partial charge in [0.25, 0.3) is 5.91 Å². The molecule has 0 radical (unpaired) electrons. The lowest BCUT2D eigenvalue weighted by Crippen LogP contribution is -2.19. The van der Waals surface area contributed by atoms with Crippen LogP contribution in [0.25, 0.3) is 0 Å². The molecule has 0 atom stereocenters. The first kappa shape index (κ1) is 14.6. The highest BCUT2D eigenvalue weighted by Crippen LogP contribution is 2.23. The van der Waals surface area contributed by atoms with Gasteiger partial charge in [-0.15, -0.1) is 0 Å². The average Bonchev–Trinajstić information content (AvgIpc) is 3.09. The van der Waals surface area contributed by atoms with Gasteiger partial charge in [-0.2, -0.15) is 5.10 Å². The fourth-order valence-electron chi connectivity index (χ4n) is 2.91. The van der Waals surface area contributed by atoms with Crippen LogP contribution in [0, 0.1) is 13.8 Å². The fraction of sp³-hybridized carbons (Fsp3) is 0.333. The maximum Gasteiger partial charge on any atom is 0.274 e. The molecule has 1 heterocycles. The Morgan fingerprint density at radius 3 is 2.68 bits per heavy atom. The van der Waals surface area contributed by atoms with Crippen LogP contribution in [0.15, 0.2) is 33.8 Å². The molecule has 0 unspecified atom stereocenters.